The van der Waals surface area contributed by atoms with Gasteiger partial charge in [-0.1, -0.05) is 25.4 Å². The summed E-state index contributed by atoms with van der Waals surface area (Å²) in [6.07, 6.45) is 0. The van der Waals surface area contributed by atoms with Crippen LogP contribution in [0.3, 0.4) is 0 Å². The fourth-order valence-electron chi connectivity index (χ4n) is 1.72. The van der Waals surface area contributed by atoms with E-state index in [1.165, 1.54) is 0 Å². The van der Waals surface area contributed by atoms with E-state index < -0.39 is 0 Å². The molecule has 0 aliphatic heterocycles. The van der Waals surface area contributed by atoms with Gasteiger partial charge in [0.2, 0.25) is 0 Å². The van der Waals surface area contributed by atoms with Gasteiger partial charge < -0.3 is 4.74 Å². The molecule has 2 nitrogen and oxygen atoms in total. The summed E-state index contributed by atoms with van der Waals surface area (Å²) < 4.78 is 6.25. The Balaban J connectivity index is 2.84. The lowest BCUT2D eigenvalue weighted by Gasteiger charge is -2.12. The van der Waals surface area contributed by atoms with Crippen LogP contribution in [0.25, 0.3) is 10.9 Å². The van der Waals surface area contributed by atoms with Crippen LogP contribution < -0.4 is 4.74 Å². The Kier molecular flexibility index (Phi) is 3.59. The summed E-state index contributed by atoms with van der Waals surface area (Å²) in [6, 6.07) is 5.72. The van der Waals surface area contributed by atoms with Crippen LogP contribution in [0, 0.1) is 0 Å². The molecule has 0 N–H and O–H groups in total. The van der Waals surface area contributed by atoms with E-state index >= 15 is 0 Å². The van der Waals surface area contributed by atoms with Crippen LogP contribution in [-0.4, -0.2) is 12.1 Å². The molecule has 2 aromatic rings. The van der Waals surface area contributed by atoms with Gasteiger partial charge in [0.15, 0.2) is 0 Å². The highest BCUT2D eigenvalue weighted by atomic mass is 79.9. The molecule has 1 heterocycles. The Morgan fingerprint density at radius 1 is 1.35 bits per heavy atom. The van der Waals surface area contributed by atoms with Crippen LogP contribution >= 0.6 is 27.5 Å². The molecule has 90 valence electrons. The van der Waals surface area contributed by atoms with Crippen LogP contribution in [0.5, 0.6) is 5.75 Å². The van der Waals surface area contributed by atoms with E-state index in [0.29, 0.717) is 10.9 Å². The summed E-state index contributed by atoms with van der Waals surface area (Å²) in [7, 11) is 1.63. The van der Waals surface area contributed by atoms with Gasteiger partial charge in [-0.05, 0) is 40.0 Å². The lowest BCUT2D eigenvalue weighted by Crippen LogP contribution is -1.96. The molecule has 0 aliphatic carbocycles. The molecule has 0 unspecified atom stereocenters. The molecule has 0 saturated carbocycles. The zero-order valence-electron chi connectivity index (χ0n) is 9.92. The number of hydrogen-bond acceptors (Lipinski definition) is 2. The van der Waals surface area contributed by atoms with Gasteiger partial charge >= 0.3 is 0 Å². The van der Waals surface area contributed by atoms with Crippen molar-refractivity contribution < 1.29 is 4.74 Å². The summed E-state index contributed by atoms with van der Waals surface area (Å²) in [5.41, 5.74) is 1.83. The number of ether oxygens (including phenoxy) is 1. The zero-order valence-corrected chi connectivity index (χ0v) is 12.3. The number of hydrogen-bond donors (Lipinski definition) is 0. The second-order valence-corrected chi connectivity index (χ2v) is 5.42. The van der Waals surface area contributed by atoms with Crippen LogP contribution in [0.1, 0.15) is 25.5 Å². The van der Waals surface area contributed by atoms with Crippen molar-refractivity contribution in [1.29, 1.82) is 0 Å². The van der Waals surface area contributed by atoms with Crippen LogP contribution in [-0.2, 0) is 0 Å². The largest absolute Gasteiger partial charge is 0.496 e. The lowest BCUT2D eigenvalue weighted by atomic mass is 10.1. The molecule has 2 rings (SSSR count). The van der Waals surface area contributed by atoms with E-state index in [-0.39, 0.29) is 0 Å². The molecule has 0 aliphatic rings. The predicted octanol–water partition coefficient (Wildman–Crippen LogP) is 4.78. The Morgan fingerprint density at radius 2 is 2.06 bits per heavy atom. The topological polar surface area (TPSA) is 22.1 Å². The van der Waals surface area contributed by atoms with Crippen molar-refractivity contribution in [2.45, 2.75) is 19.8 Å². The Hall–Kier alpha value is -0.800. The van der Waals surface area contributed by atoms with E-state index in [4.69, 9.17) is 16.3 Å². The van der Waals surface area contributed by atoms with Crippen molar-refractivity contribution in [2.24, 2.45) is 0 Å². The number of halogens is 2. The van der Waals surface area contributed by atoms with Crippen molar-refractivity contribution in [1.82, 2.24) is 4.98 Å². The fraction of sp³-hybridized carbons (Fsp3) is 0.308. The van der Waals surface area contributed by atoms with Gasteiger partial charge in [-0.3, -0.25) is 4.98 Å². The highest BCUT2D eigenvalue weighted by molar-refractivity contribution is 9.10. The van der Waals surface area contributed by atoms with E-state index in [9.17, 15) is 0 Å². The first-order chi connectivity index (χ1) is 8.04. The summed E-state index contributed by atoms with van der Waals surface area (Å²) in [5, 5.41) is 1.53. The van der Waals surface area contributed by atoms with Gasteiger partial charge in [0.25, 0.3) is 0 Å². The minimum atomic E-state index is 0.343. The minimum Gasteiger partial charge on any atom is -0.496 e. The molecule has 0 amide bonds. The van der Waals surface area contributed by atoms with Gasteiger partial charge in [0, 0.05) is 10.2 Å². The minimum absolute atomic E-state index is 0.343. The van der Waals surface area contributed by atoms with Crippen molar-refractivity contribution in [3.05, 3.63) is 33.4 Å². The molecule has 0 spiro atoms. The number of nitrogens with zero attached hydrogens (tertiary/aromatic N) is 1. The first kappa shape index (κ1) is 12.7. The number of benzene rings is 1. The van der Waals surface area contributed by atoms with Gasteiger partial charge in [-0.2, -0.15) is 0 Å². The highest BCUT2D eigenvalue weighted by Gasteiger charge is 2.13. The van der Waals surface area contributed by atoms with Crippen LogP contribution in [0.4, 0.5) is 0 Å². The van der Waals surface area contributed by atoms with Crippen molar-refractivity contribution in [2.75, 3.05) is 7.11 Å². The summed E-state index contributed by atoms with van der Waals surface area (Å²) in [5.74, 6) is 1.09. The second kappa shape index (κ2) is 4.83. The van der Waals surface area contributed by atoms with Crippen molar-refractivity contribution in [3.8, 4) is 5.75 Å². The SMILES string of the molecule is COc1ccc(Br)c2nc(C(C)C)cc(Cl)c12. The lowest BCUT2D eigenvalue weighted by molar-refractivity contribution is 0.419. The van der Waals surface area contributed by atoms with Crippen molar-refractivity contribution >= 4 is 38.4 Å². The number of pyridine rings is 1. The molecule has 1 aromatic heterocycles. The van der Waals surface area contributed by atoms with E-state index in [0.717, 1.165) is 26.8 Å². The quantitative estimate of drug-likeness (QED) is 0.795. The van der Waals surface area contributed by atoms with Gasteiger partial charge in [-0.25, -0.2) is 0 Å². The molecular formula is C13H13BrClNO. The van der Waals surface area contributed by atoms with E-state index in [2.05, 4.69) is 34.8 Å². The fourth-order valence-corrected chi connectivity index (χ4v) is 2.43. The molecule has 1 aromatic carbocycles. The molecule has 0 bridgehead atoms. The van der Waals surface area contributed by atoms with E-state index in [1.807, 2.05) is 18.2 Å². The Labute approximate surface area is 114 Å². The molecule has 0 fully saturated rings. The van der Waals surface area contributed by atoms with Gasteiger partial charge in [-0.15, -0.1) is 0 Å². The maximum atomic E-state index is 6.32. The third-order valence-electron chi connectivity index (χ3n) is 2.66. The maximum Gasteiger partial charge on any atom is 0.129 e. The normalized spacial score (nSPS) is 11.2. The third kappa shape index (κ3) is 2.26. The standard InChI is InChI=1S/C13H13BrClNO/c1-7(2)10-6-9(15)12-11(17-3)5-4-8(14)13(12)16-10/h4-7H,1-3H3. The Morgan fingerprint density at radius 3 is 2.65 bits per heavy atom. The predicted molar refractivity (Wildman–Crippen MR) is 75.1 cm³/mol. The maximum absolute atomic E-state index is 6.32. The zero-order chi connectivity index (χ0) is 12.6. The number of fused-ring (bicyclic) bond motifs is 1. The third-order valence-corrected chi connectivity index (χ3v) is 3.59. The number of rotatable bonds is 2. The molecule has 4 heteroatoms. The highest BCUT2D eigenvalue weighted by Crippen LogP contribution is 2.36. The summed E-state index contributed by atoms with van der Waals surface area (Å²) >= 11 is 9.82. The molecular weight excluding hydrogens is 302 g/mol. The summed E-state index contributed by atoms with van der Waals surface area (Å²) in [6.45, 7) is 4.19. The van der Waals surface area contributed by atoms with Gasteiger partial charge in [0.05, 0.1) is 23.0 Å². The Bertz CT molecular complexity index is 569. The molecule has 0 atom stereocenters. The van der Waals surface area contributed by atoms with Crippen molar-refractivity contribution in [3.63, 3.8) is 0 Å². The molecule has 0 saturated heterocycles. The van der Waals surface area contributed by atoms with Crippen LogP contribution in [0.15, 0.2) is 22.7 Å². The molecule has 17 heavy (non-hydrogen) atoms. The van der Waals surface area contributed by atoms with Crippen LogP contribution in [0.2, 0.25) is 5.02 Å². The first-order valence-corrected chi connectivity index (χ1v) is 6.54. The van der Waals surface area contributed by atoms with E-state index in [1.54, 1.807) is 7.11 Å². The van der Waals surface area contributed by atoms with Gasteiger partial charge in [0.1, 0.15) is 5.75 Å². The average molecular weight is 315 g/mol. The smallest absolute Gasteiger partial charge is 0.129 e. The first-order valence-electron chi connectivity index (χ1n) is 5.37. The number of aromatic nitrogens is 1. The summed E-state index contributed by atoms with van der Waals surface area (Å²) in [4.78, 5) is 4.63. The second-order valence-electron chi connectivity index (χ2n) is 4.16. The average Bonchev–Trinajstić information content (AvgIpc) is 2.30. The monoisotopic (exact) mass is 313 g/mol. The number of methoxy groups -OCH3 is 1. The molecule has 0 radical (unpaired) electrons.